The number of hydrogen-bond acceptors (Lipinski definition) is 6. The molecule has 120 valence electrons. The van der Waals surface area contributed by atoms with Crippen LogP contribution in [0.3, 0.4) is 0 Å². The minimum absolute atomic E-state index is 0.267. The SMILES string of the molecule is CCNc1cc(OCCCOCCOC)nc(C(C)C)n1. The van der Waals surface area contributed by atoms with Gasteiger partial charge in [0.1, 0.15) is 11.6 Å². The Morgan fingerprint density at radius 3 is 2.62 bits per heavy atom. The molecule has 0 saturated carbocycles. The molecule has 0 spiro atoms. The molecule has 0 aliphatic heterocycles. The molecule has 21 heavy (non-hydrogen) atoms. The Morgan fingerprint density at radius 2 is 1.95 bits per heavy atom. The minimum Gasteiger partial charge on any atom is -0.477 e. The summed E-state index contributed by atoms with van der Waals surface area (Å²) >= 11 is 0. The molecule has 6 nitrogen and oxygen atoms in total. The van der Waals surface area contributed by atoms with Gasteiger partial charge in [-0.15, -0.1) is 0 Å². The first-order valence-electron chi connectivity index (χ1n) is 7.49. The number of nitrogens with one attached hydrogen (secondary N) is 1. The molecule has 0 aliphatic carbocycles. The van der Waals surface area contributed by atoms with Crippen LogP contribution in [0.1, 0.15) is 38.9 Å². The van der Waals surface area contributed by atoms with Crippen molar-refractivity contribution in [2.45, 2.75) is 33.1 Å². The van der Waals surface area contributed by atoms with Gasteiger partial charge in [-0.1, -0.05) is 13.8 Å². The summed E-state index contributed by atoms with van der Waals surface area (Å²) in [6, 6.07) is 1.83. The molecular formula is C15H27N3O3. The van der Waals surface area contributed by atoms with Crippen LogP contribution in [0.15, 0.2) is 6.07 Å². The number of ether oxygens (including phenoxy) is 3. The molecule has 1 N–H and O–H groups in total. The Balaban J connectivity index is 2.42. The quantitative estimate of drug-likeness (QED) is 0.633. The molecule has 0 atom stereocenters. The van der Waals surface area contributed by atoms with Gasteiger partial charge < -0.3 is 19.5 Å². The van der Waals surface area contributed by atoms with E-state index in [9.17, 15) is 0 Å². The summed E-state index contributed by atoms with van der Waals surface area (Å²) in [5, 5.41) is 3.20. The van der Waals surface area contributed by atoms with Gasteiger partial charge in [0, 0.05) is 38.7 Å². The molecule has 0 aromatic carbocycles. The number of anilines is 1. The summed E-state index contributed by atoms with van der Waals surface area (Å²) in [6.07, 6.45) is 0.821. The van der Waals surface area contributed by atoms with Crippen molar-refractivity contribution >= 4 is 5.82 Å². The summed E-state index contributed by atoms with van der Waals surface area (Å²) in [5.41, 5.74) is 0. The van der Waals surface area contributed by atoms with Crippen molar-refractivity contribution in [2.75, 3.05) is 45.4 Å². The van der Waals surface area contributed by atoms with E-state index >= 15 is 0 Å². The van der Waals surface area contributed by atoms with Gasteiger partial charge in [0.15, 0.2) is 0 Å². The molecule has 0 bridgehead atoms. The molecule has 0 unspecified atom stereocenters. The third kappa shape index (κ3) is 7.24. The molecule has 0 aliphatic rings. The zero-order chi connectivity index (χ0) is 15.5. The highest BCUT2D eigenvalue weighted by molar-refractivity contribution is 5.38. The van der Waals surface area contributed by atoms with E-state index in [1.54, 1.807) is 7.11 Å². The monoisotopic (exact) mass is 297 g/mol. The lowest BCUT2D eigenvalue weighted by Crippen LogP contribution is -2.09. The largest absolute Gasteiger partial charge is 0.477 e. The smallest absolute Gasteiger partial charge is 0.218 e. The highest BCUT2D eigenvalue weighted by atomic mass is 16.5. The van der Waals surface area contributed by atoms with Crippen LogP contribution in [0, 0.1) is 0 Å². The minimum atomic E-state index is 0.267. The van der Waals surface area contributed by atoms with Gasteiger partial charge in [-0.25, -0.2) is 4.98 Å². The van der Waals surface area contributed by atoms with E-state index in [-0.39, 0.29) is 5.92 Å². The summed E-state index contributed by atoms with van der Waals surface area (Å²) in [6.45, 7) is 9.47. The standard InChI is InChI=1S/C15H27N3O3/c1-5-16-13-11-14(18-15(17-13)12(2)3)21-8-6-7-20-10-9-19-4/h11-12H,5-10H2,1-4H3,(H,16,17,18). The maximum atomic E-state index is 5.69. The summed E-state index contributed by atoms with van der Waals surface area (Å²) in [4.78, 5) is 8.89. The fourth-order valence-corrected chi connectivity index (χ4v) is 1.63. The third-order valence-corrected chi connectivity index (χ3v) is 2.71. The van der Waals surface area contributed by atoms with Crippen LogP contribution in [0.2, 0.25) is 0 Å². The van der Waals surface area contributed by atoms with E-state index in [2.05, 4.69) is 29.1 Å². The molecule has 1 heterocycles. The molecule has 0 saturated heterocycles. The zero-order valence-corrected chi connectivity index (χ0v) is 13.5. The predicted octanol–water partition coefficient (Wildman–Crippen LogP) is 2.46. The molecule has 0 fully saturated rings. The Labute approximate surface area is 127 Å². The number of hydrogen-bond donors (Lipinski definition) is 1. The number of nitrogens with zero attached hydrogens (tertiary/aromatic N) is 2. The van der Waals surface area contributed by atoms with Gasteiger partial charge >= 0.3 is 0 Å². The van der Waals surface area contributed by atoms with Crippen LogP contribution in [-0.4, -0.2) is 50.1 Å². The lowest BCUT2D eigenvalue weighted by Gasteiger charge is -2.11. The van der Waals surface area contributed by atoms with E-state index < -0.39 is 0 Å². The Bertz CT molecular complexity index is 400. The lowest BCUT2D eigenvalue weighted by molar-refractivity contribution is 0.0642. The topological polar surface area (TPSA) is 65.5 Å². The molecule has 6 heteroatoms. The van der Waals surface area contributed by atoms with Crippen molar-refractivity contribution in [2.24, 2.45) is 0 Å². The van der Waals surface area contributed by atoms with Gasteiger partial charge in [0.25, 0.3) is 0 Å². The van der Waals surface area contributed by atoms with E-state index in [1.807, 2.05) is 13.0 Å². The van der Waals surface area contributed by atoms with Crippen LogP contribution in [0.5, 0.6) is 5.88 Å². The second-order valence-electron chi connectivity index (χ2n) is 4.94. The van der Waals surface area contributed by atoms with Gasteiger partial charge in [-0.05, 0) is 6.92 Å². The van der Waals surface area contributed by atoms with Gasteiger partial charge in [-0.3, -0.25) is 0 Å². The van der Waals surface area contributed by atoms with Gasteiger partial charge in [0.2, 0.25) is 5.88 Å². The molecular weight excluding hydrogens is 270 g/mol. The van der Waals surface area contributed by atoms with Crippen molar-refractivity contribution in [3.05, 3.63) is 11.9 Å². The highest BCUT2D eigenvalue weighted by Gasteiger charge is 2.08. The van der Waals surface area contributed by atoms with Crippen molar-refractivity contribution in [3.63, 3.8) is 0 Å². The van der Waals surface area contributed by atoms with E-state index in [4.69, 9.17) is 14.2 Å². The fraction of sp³-hybridized carbons (Fsp3) is 0.733. The van der Waals surface area contributed by atoms with Crippen molar-refractivity contribution < 1.29 is 14.2 Å². The van der Waals surface area contributed by atoms with Crippen LogP contribution in [0.4, 0.5) is 5.82 Å². The molecule has 1 aromatic heterocycles. The maximum Gasteiger partial charge on any atom is 0.218 e. The zero-order valence-electron chi connectivity index (χ0n) is 13.5. The first kappa shape index (κ1) is 17.7. The van der Waals surface area contributed by atoms with E-state index in [0.717, 1.165) is 24.6 Å². The summed E-state index contributed by atoms with van der Waals surface area (Å²) in [7, 11) is 1.66. The Hall–Kier alpha value is -1.40. The second-order valence-corrected chi connectivity index (χ2v) is 4.94. The van der Waals surface area contributed by atoms with Crippen molar-refractivity contribution in [1.29, 1.82) is 0 Å². The third-order valence-electron chi connectivity index (χ3n) is 2.71. The van der Waals surface area contributed by atoms with Crippen LogP contribution in [-0.2, 0) is 9.47 Å². The lowest BCUT2D eigenvalue weighted by atomic mass is 10.2. The Kier molecular flexibility index (Phi) is 8.69. The summed E-state index contributed by atoms with van der Waals surface area (Å²) in [5.74, 6) is 2.48. The molecule has 0 amide bonds. The number of aromatic nitrogens is 2. The van der Waals surface area contributed by atoms with Gasteiger partial charge in [-0.2, -0.15) is 4.98 Å². The first-order chi connectivity index (χ1) is 10.2. The van der Waals surface area contributed by atoms with E-state index in [1.165, 1.54) is 0 Å². The van der Waals surface area contributed by atoms with Crippen molar-refractivity contribution in [3.8, 4) is 5.88 Å². The predicted molar refractivity (Wildman–Crippen MR) is 83.1 cm³/mol. The highest BCUT2D eigenvalue weighted by Crippen LogP contribution is 2.18. The number of rotatable bonds is 11. The first-order valence-corrected chi connectivity index (χ1v) is 7.49. The molecule has 1 rings (SSSR count). The average Bonchev–Trinajstić information content (AvgIpc) is 2.46. The Morgan fingerprint density at radius 1 is 1.14 bits per heavy atom. The fourth-order valence-electron chi connectivity index (χ4n) is 1.63. The molecule has 1 aromatic rings. The second kappa shape index (κ2) is 10.3. The van der Waals surface area contributed by atoms with Crippen molar-refractivity contribution in [1.82, 2.24) is 9.97 Å². The van der Waals surface area contributed by atoms with Gasteiger partial charge in [0.05, 0.1) is 19.8 Å². The maximum absolute atomic E-state index is 5.69. The van der Waals surface area contributed by atoms with Crippen LogP contribution in [0.25, 0.3) is 0 Å². The van der Waals surface area contributed by atoms with Crippen LogP contribution < -0.4 is 10.1 Å². The number of methoxy groups -OCH3 is 1. The van der Waals surface area contributed by atoms with Crippen LogP contribution >= 0.6 is 0 Å². The average molecular weight is 297 g/mol. The normalized spacial score (nSPS) is 10.9. The van der Waals surface area contributed by atoms with E-state index in [0.29, 0.717) is 32.3 Å². The molecule has 0 radical (unpaired) electrons. The summed E-state index contributed by atoms with van der Waals surface area (Å²) < 4.78 is 16.0.